The normalized spacial score (nSPS) is 10.8. The molecule has 1 aromatic rings. The van der Waals surface area contributed by atoms with Crippen LogP contribution in [-0.4, -0.2) is 23.9 Å². The number of benzene rings is 1. The number of hydrogen-bond acceptors (Lipinski definition) is 6. The van der Waals surface area contributed by atoms with Crippen LogP contribution in [-0.2, 0) is 14.3 Å². The summed E-state index contributed by atoms with van der Waals surface area (Å²) < 4.78 is 4.38. The number of nitrogens with two attached hydrogens (primary N) is 1. The summed E-state index contributed by atoms with van der Waals surface area (Å²) in [6.07, 6.45) is 0.869. The van der Waals surface area contributed by atoms with Crippen LogP contribution < -0.4 is 11.1 Å². The van der Waals surface area contributed by atoms with Crippen LogP contribution in [0.15, 0.2) is 30.0 Å². The molecular weight excluding hydrogens is 266 g/mol. The Morgan fingerprint density at radius 1 is 1.45 bits per heavy atom. The summed E-state index contributed by atoms with van der Waals surface area (Å²) >= 11 is 0. The van der Waals surface area contributed by atoms with Gasteiger partial charge in [0.05, 0.1) is 18.1 Å². The molecule has 0 radical (unpaired) electrons. The van der Waals surface area contributed by atoms with E-state index >= 15 is 0 Å². The van der Waals surface area contributed by atoms with Crippen molar-refractivity contribution in [2.75, 3.05) is 12.4 Å². The molecule has 0 heterocycles. The first-order chi connectivity index (χ1) is 9.35. The summed E-state index contributed by atoms with van der Waals surface area (Å²) in [5.41, 5.74) is 5.49. The molecule has 0 aromatic heterocycles. The van der Waals surface area contributed by atoms with Crippen LogP contribution >= 0.6 is 0 Å². The van der Waals surface area contributed by atoms with Gasteiger partial charge in [0.1, 0.15) is 5.70 Å². The Bertz CT molecular complexity index is 595. The number of carbonyl (C=O) groups is 2. The number of methoxy groups -OCH3 is 1. The van der Waals surface area contributed by atoms with Crippen molar-refractivity contribution in [1.82, 2.24) is 0 Å². The number of nitro benzene ring substituents is 1. The molecule has 0 aliphatic rings. The van der Waals surface area contributed by atoms with E-state index in [9.17, 15) is 19.7 Å². The molecule has 20 heavy (non-hydrogen) atoms. The zero-order valence-corrected chi connectivity index (χ0v) is 10.9. The molecule has 3 N–H and O–H groups in total. The fraction of sp³-hybridized carbons (Fsp3) is 0.167. The minimum atomic E-state index is -0.890. The predicted molar refractivity (Wildman–Crippen MR) is 70.7 cm³/mol. The number of amides is 1. The maximum atomic E-state index is 11.2. The van der Waals surface area contributed by atoms with Crippen molar-refractivity contribution in [3.05, 3.63) is 45.6 Å². The molecule has 0 spiro atoms. The number of anilines is 1. The number of nitro groups is 1. The average molecular weight is 279 g/mol. The Balaban J connectivity index is 3.10. The topological polar surface area (TPSA) is 125 Å². The van der Waals surface area contributed by atoms with Gasteiger partial charge in [0.2, 0.25) is 0 Å². The van der Waals surface area contributed by atoms with Gasteiger partial charge in [0, 0.05) is 17.3 Å². The lowest BCUT2D eigenvalue weighted by Crippen LogP contribution is -2.21. The highest BCUT2D eigenvalue weighted by Crippen LogP contribution is 2.23. The largest absolute Gasteiger partial charge is 0.466 e. The Labute approximate surface area is 114 Å². The average Bonchev–Trinajstić information content (AvgIpc) is 2.39. The molecule has 0 saturated heterocycles. The van der Waals surface area contributed by atoms with Gasteiger partial charge in [-0.15, -0.1) is 0 Å². The van der Waals surface area contributed by atoms with Crippen LogP contribution in [0.4, 0.5) is 11.4 Å². The zero-order chi connectivity index (χ0) is 15.3. The molecule has 8 nitrogen and oxygen atoms in total. The monoisotopic (exact) mass is 279 g/mol. The van der Waals surface area contributed by atoms with E-state index in [-0.39, 0.29) is 17.1 Å². The molecular formula is C12H13N3O5. The van der Waals surface area contributed by atoms with Gasteiger partial charge in [-0.1, -0.05) is 6.07 Å². The van der Waals surface area contributed by atoms with Crippen molar-refractivity contribution >= 4 is 23.3 Å². The van der Waals surface area contributed by atoms with E-state index in [1.165, 1.54) is 18.2 Å². The number of hydrogen-bond donors (Lipinski definition) is 2. The van der Waals surface area contributed by atoms with Crippen molar-refractivity contribution in [2.24, 2.45) is 5.73 Å². The molecule has 0 aliphatic heterocycles. The van der Waals surface area contributed by atoms with Gasteiger partial charge in [0.15, 0.2) is 0 Å². The van der Waals surface area contributed by atoms with Gasteiger partial charge in [0.25, 0.3) is 11.6 Å². The van der Waals surface area contributed by atoms with E-state index < -0.39 is 16.8 Å². The number of nitrogens with one attached hydrogen (secondary N) is 1. The smallest absolute Gasteiger partial charge is 0.332 e. The standard InChI is InChI=1S/C12H13N3O5/c1-7-3-4-8(5-10(7)15(18)19)14-9(12(13)17)6-11(16)20-2/h3-6,14H,1-2H3,(H2,13,17)/b9-6-. The summed E-state index contributed by atoms with van der Waals surface area (Å²) in [7, 11) is 1.15. The molecule has 106 valence electrons. The minimum absolute atomic E-state index is 0.114. The number of esters is 1. The lowest BCUT2D eigenvalue weighted by atomic mass is 10.2. The molecule has 0 unspecified atom stereocenters. The number of ether oxygens (including phenoxy) is 1. The molecule has 0 fully saturated rings. The van der Waals surface area contributed by atoms with E-state index in [0.717, 1.165) is 13.2 Å². The molecule has 8 heteroatoms. The lowest BCUT2D eigenvalue weighted by molar-refractivity contribution is -0.385. The number of aryl methyl sites for hydroxylation is 1. The maximum absolute atomic E-state index is 11.2. The van der Waals surface area contributed by atoms with E-state index in [1.807, 2.05) is 0 Å². The lowest BCUT2D eigenvalue weighted by Gasteiger charge is -2.08. The van der Waals surface area contributed by atoms with E-state index in [4.69, 9.17) is 5.73 Å². The molecule has 0 saturated carbocycles. The minimum Gasteiger partial charge on any atom is -0.466 e. The fourth-order valence-corrected chi connectivity index (χ4v) is 1.38. The first-order valence-corrected chi connectivity index (χ1v) is 5.46. The summed E-state index contributed by atoms with van der Waals surface area (Å²) in [5.74, 6) is -1.66. The second-order valence-corrected chi connectivity index (χ2v) is 3.83. The van der Waals surface area contributed by atoms with E-state index in [0.29, 0.717) is 5.56 Å². The van der Waals surface area contributed by atoms with Gasteiger partial charge in [-0.25, -0.2) is 4.79 Å². The summed E-state index contributed by atoms with van der Waals surface area (Å²) in [4.78, 5) is 32.6. The van der Waals surface area contributed by atoms with Crippen LogP contribution in [0.5, 0.6) is 0 Å². The van der Waals surface area contributed by atoms with Gasteiger partial charge >= 0.3 is 5.97 Å². The summed E-state index contributed by atoms with van der Waals surface area (Å²) in [5, 5.41) is 13.4. The zero-order valence-electron chi connectivity index (χ0n) is 10.9. The van der Waals surface area contributed by atoms with Crippen molar-refractivity contribution < 1.29 is 19.2 Å². The summed E-state index contributed by atoms with van der Waals surface area (Å²) in [6, 6.07) is 4.27. The number of nitrogens with zero attached hydrogens (tertiary/aromatic N) is 1. The van der Waals surface area contributed by atoms with Crippen LogP contribution in [0.3, 0.4) is 0 Å². The Morgan fingerprint density at radius 3 is 2.60 bits per heavy atom. The molecule has 0 aliphatic carbocycles. The third-order valence-electron chi connectivity index (χ3n) is 2.41. The molecule has 1 aromatic carbocycles. The van der Waals surface area contributed by atoms with Crippen LogP contribution in [0, 0.1) is 17.0 Å². The summed E-state index contributed by atoms with van der Waals surface area (Å²) in [6.45, 7) is 1.58. The Kier molecular flexibility index (Phi) is 4.79. The first kappa shape index (κ1) is 15.2. The Morgan fingerprint density at radius 2 is 2.10 bits per heavy atom. The fourth-order valence-electron chi connectivity index (χ4n) is 1.38. The van der Waals surface area contributed by atoms with Crippen LogP contribution in [0.25, 0.3) is 0 Å². The number of carbonyl (C=O) groups excluding carboxylic acids is 2. The second kappa shape index (κ2) is 6.32. The van der Waals surface area contributed by atoms with Crippen molar-refractivity contribution in [3.63, 3.8) is 0 Å². The molecule has 1 amide bonds. The predicted octanol–water partition coefficient (Wildman–Crippen LogP) is 0.857. The van der Waals surface area contributed by atoms with Crippen LogP contribution in [0.2, 0.25) is 0 Å². The van der Waals surface area contributed by atoms with Gasteiger partial charge in [-0.3, -0.25) is 14.9 Å². The molecule has 1 rings (SSSR count). The van der Waals surface area contributed by atoms with Crippen molar-refractivity contribution in [1.29, 1.82) is 0 Å². The molecule has 0 bridgehead atoms. The maximum Gasteiger partial charge on any atom is 0.332 e. The number of rotatable bonds is 5. The van der Waals surface area contributed by atoms with E-state index in [2.05, 4.69) is 10.1 Å². The SMILES string of the molecule is COC(=O)/C=C(\Nc1ccc(C)c([N+](=O)[O-])c1)C(N)=O. The van der Waals surface area contributed by atoms with Crippen molar-refractivity contribution in [2.45, 2.75) is 6.92 Å². The van der Waals surface area contributed by atoms with Gasteiger partial charge in [-0.2, -0.15) is 0 Å². The molecule has 0 atom stereocenters. The first-order valence-electron chi connectivity index (χ1n) is 5.46. The van der Waals surface area contributed by atoms with Crippen LogP contribution in [0.1, 0.15) is 5.56 Å². The second-order valence-electron chi connectivity index (χ2n) is 3.83. The quantitative estimate of drug-likeness (QED) is 0.356. The highest BCUT2D eigenvalue weighted by molar-refractivity contribution is 6.00. The van der Waals surface area contributed by atoms with E-state index in [1.54, 1.807) is 6.92 Å². The van der Waals surface area contributed by atoms with Gasteiger partial charge < -0.3 is 15.8 Å². The van der Waals surface area contributed by atoms with Crippen molar-refractivity contribution in [3.8, 4) is 0 Å². The highest BCUT2D eigenvalue weighted by Gasteiger charge is 2.13. The third kappa shape index (κ3) is 3.80. The highest BCUT2D eigenvalue weighted by atomic mass is 16.6. The number of primary amides is 1. The van der Waals surface area contributed by atoms with Gasteiger partial charge in [-0.05, 0) is 13.0 Å². The third-order valence-corrected chi connectivity index (χ3v) is 2.41. The Hall–Kier alpha value is -2.90.